The minimum atomic E-state index is 0.166. The Bertz CT molecular complexity index is 430. The normalized spacial score (nSPS) is 35.5. The summed E-state index contributed by atoms with van der Waals surface area (Å²) in [6.45, 7) is 4.89. The predicted octanol–water partition coefficient (Wildman–Crippen LogP) is 1.99. The zero-order valence-corrected chi connectivity index (χ0v) is 12.1. The van der Waals surface area contributed by atoms with Gasteiger partial charge in [0.05, 0.1) is 18.8 Å². The number of nitrogens with one attached hydrogen (secondary N) is 1. The Morgan fingerprint density at radius 3 is 2.79 bits per heavy atom. The van der Waals surface area contributed by atoms with Gasteiger partial charge < -0.3 is 14.5 Å². The quantitative estimate of drug-likeness (QED) is 0.902. The molecule has 0 amide bonds. The van der Waals surface area contributed by atoms with Crippen molar-refractivity contribution < 1.29 is 9.15 Å². The van der Waals surface area contributed by atoms with Crippen LogP contribution in [0.1, 0.15) is 36.8 Å². The number of likely N-dealkylation sites (N-methyl/N-ethyl adjacent to an activating group) is 2. The molecule has 4 unspecified atom stereocenters. The summed E-state index contributed by atoms with van der Waals surface area (Å²) in [5.41, 5.74) is 0. The summed E-state index contributed by atoms with van der Waals surface area (Å²) >= 11 is 0. The molecular weight excluding hydrogens is 240 g/mol. The van der Waals surface area contributed by atoms with Crippen molar-refractivity contribution in [1.29, 1.82) is 0 Å². The van der Waals surface area contributed by atoms with Crippen molar-refractivity contribution in [3.63, 3.8) is 0 Å². The lowest BCUT2D eigenvalue weighted by Crippen LogP contribution is -2.46. The molecule has 4 nitrogen and oxygen atoms in total. The molecule has 1 aliphatic carbocycles. The van der Waals surface area contributed by atoms with Crippen LogP contribution in [0, 0.1) is 5.92 Å². The molecule has 4 atom stereocenters. The van der Waals surface area contributed by atoms with Crippen molar-refractivity contribution in [3.05, 3.63) is 23.7 Å². The van der Waals surface area contributed by atoms with E-state index in [-0.39, 0.29) is 12.1 Å². The fourth-order valence-corrected chi connectivity index (χ4v) is 3.08. The number of furan rings is 1. The average molecular weight is 264 g/mol. The van der Waals surface area contributed by atoms with E-state index in [4.69, 9.17) is 9.15 Å². The van der Waals surface area contributed by atoms with Gasteiger partial charge in [0, 0.05) is 19.0 Å². The largest absolute Gasteiger partial charge is 0.464 e. The summed E-state index contributed by atoms with van der Waals surface area (Å²) in [5, 5.41) is 3.21. The maximum absolute atomic E-state index is 6.12. The zero-order valence-electron chi connectivity index (χ0n) is 12.1. The van der Waals surface area contributed by atoms with Crippen molar-refractivity contribution >= 4 is 0 Å². The molecule has 0 radical (unpaired) electrons. The van der Waals surface area contributed by atoms with E-state index in [0.29, 0.717) is 5.92 Å². The van der Waals surface area contributed by atoms with Crippen molar-refractivity contribution in [3.8, 4) is 0 Å². The second-order valence-corrected chi connectivity index (χ2v) is 5.95. The summed E-state index contributed by atoms with van der Waals surface area (Å²) in [5.74, 6) is 3.64. The first kappa shape index (κ1) is 13.2. The van der Waals surface area contributed by atoms with Crippen LogP contribution in [0.4, 0.5) is 0 Å². The third kappa shape index (κ3) is 2.57. The molecule has 4 heteroatoms. The van der Waals surface area contributed by atoms with Crippen molar-refractivity contribution in [2.24, 2.45) is 5.92 Å². The molecule has 19 heavy (non-hydrogen) atoms. The summed E-state index contributed by atoms with van der Waals surface area (Å²) in [7, 11) is 4.12. The van der Waals surface area contributed by atoms with E-state index in [1.54, 1.807) is 0 Å². The molecule has 1 aromatic heterocycles. The van der Waals surface area contributed by atoms with E-state index >= 15 is 0 Å². The van der Waals surface area contributed by atoms with E-state index in [1.165, 1.54) is 6.42 Å². The zero-order chi connectivity index (χ0) is 13.4. The third-order valence-electron chi connectivity index (χ3n) is 4.42. The van der Waals surface area contributed by atoms with Crippen LogP contribution >= 0.6 is 0 Å². The van der Waals surface area contributed by atoms with Crippen LogP contribution in [0.5, 0.6) is 0 Å². The van der Waals surface area contributed by atoms with Crippen molar-refractivity contribution in [2.45, 2.75) is 31.4 Å². The SMILES string of the molecule is CNCC1OCCN(C)C1c1ccc(C2CC2C)o1. The second kappa shape index (κ2) is 5.27. The summed E-state index contributed by atoms with van der Waals surface area (Å²) in [6.07, 6.45) is 1.43. The number of hydrogen-bond donors (Lipinski definition) is 1. The molecule has 2 heterocycles. The number of morpholine rings is 1. The van der Waals surface area contributed by atoms with Crippen LogP contribution in [0.15, 0.2) is 16.5 Å². The minimum Gasteiger partial charge on any atom is -0.464 e. The summed E-state index contributed by atoms with van der Waals surface area (Å²) < 4.78 is 12.0. The van der Waals surface area contributed by atoms with Gasteiger partial charge in [-0.25, -0.2) is 0 Å². The fraction of sp³-hybridized carbons (Fsp3) is 0.733. The van der Waals surface area contributed by atoms with Crippen LogP contribution in [0.25, 0.3) is 0 Å². The Kier molecular flexibility index (Phi) is 3.65. The van der Waals surface area contributed by atoms with Crippen molar-refractivity contribution in [2.75, 3.05) is 33.8 Å². The van der Waals surface area contributed by atoms with Gasteiger partial charge in [-0.15, -0.1) is 0 Å². The summed E-state index contributed by atoms with van der Waals surface area (Å²) in [4.78, 5) is 2.34. The predicted molar refractivity (Wildman–Crippen MR) is 74.3 cm³/mol. The van der Waals surface area contributed by atoms with Crippen molar-refractivity contribution in [1.82, 2.24) is 10.2 Å². The molecule has 1 aliphatic heterocycles. The van der Waals surface area contributed by atoms with Crippen LogP contribution in [0.3, 0.4) is 0 Å². The van der Waals surface area contributed by atoms with Gasteiger partial charge in [0.15, 0.2) is 0 Å². The maximum atomic E-state index is 6.12. The van der Waals surface area contributed by atoms with Gasteiger partial charge >= 0.3 is 0 Å². The van der Waals surface area contributed by atoms with Crippen LogP contribution in [0.2, 0.25) is 0 Å². The molecular formula is C15H24N2O2. The topological polar surface area (TPSA) is 37.6 Å². The average Bonchev–Trinajstić information content (AvgIpc) is 2.92. The molecule has 2 fully saturated rings. The first-order valence-electron chi connectivity index (χ1n) is 7.26. The molecule has 106 valence electrons. The van der Waals surface area contributed by atoms with E-state index in [0.717, 1.165) is 37.1 Å². The first-order valence-corrected chi connectivity index (χ1v) is 7.26. The molecule has 3 rings (SSSR count). The number of hydrogen-bond acceptors (Lipinski definition) is 4. The molecule has 0 aromatic carbocycles. The van der Waals surface area contributed by atoms with Crippen LogP contribution in [-0.4, -0.2) is 44.8 Å². The smallest absolute Gasteiger partial charge is 0.124 e. The van der Waals surface area contributed by atoms with Gasteiger partial charge in [0.2, 0.25) is 0 Å². The Hall–Kier alpha value is -0.840. The van der Waals surface area contributed by atoms with Gasteiger partial charge in [-0.3, -0.25) is 4.90 Å². The Labute approximate surface area is 115 Å². The van der Waals surface area contributed by atoms with E-state index in [2.05, 4.69) is 36.3 Å². The van der Waals surface area contributed by atoms with Gasteiger partial charge in [-0.1, -0.05) is 6.92 Å². The molecule has 1 N–H and O–H groups in total. The number of nitrogens with zero attached hydrogens (tertiary/aromatic N) is 1. The molecule has 1 saturated heterocycles. The Morgan fingerprint density at radius 2 is 2.11 bits per heavy atom. The highest BCUT2D eigenvalue weighted by Crippen LogP contribution is 2.48. The molecule has 1 aromatic rings. The fourth-order valence-electron chi connectivity index (χ4n) is 3.08. The first-order chi connectivity index (χ1) is 9.20. The van der Waals surface area contributed by atoms with Gasteiger partial charge in [-0.05, 0) is 38.6 Å². The lowest BCUT2D eigenvalue weighted by Gasteiger charge is -2.37. The second-order valence-electron chi connectivity index (χ2n) is 5.95. The van der Waals surface area contributed by atoms with Gasteiger partial charge in [-0.2, -0.15) is 0 Å². The van der Waals surface area contributed by atoms with Crippen LogP contribution in [-0.2, 0) is 4.74 Å². The summed E-state index contributed by atoms with van der Waals surface area (Å²) in [6, 6.07) is 4.52. The monoisotopic (exact) mass is 264 g/mol. The number of rotatable bonds is 4. The molecule has 0 bridgehead atoms. The van der Waals surface area contributed by atoms with E-state index in [1.807, 2.05) is 7.05 Å². The minimum absolute atomic E-state index is 0.166. The van der Waals surface area contributed by atoms with Gasteiger partial charge in [0.25, 0.3) is 0 Å². The molecule has 2 aliphatic rings. The Balaban J connectivity index is 1.78. The highest BCUT2D eigenvalue weighted by atomic mass is 16.5. The molecule has 1 saturated carbocycles. The Morgan fingerprint density at radius 1 is 1.37 bits per heavy atom. The lowest BCUT2D eigenvalue weighted by molar-refractivity contribution is -0.0671. The van der Waals surface area contributed by atoms with E-state index in [9.17, 15) is 0 Å². The third-order valence-corrected chi connectivity index (χ3v) is 4.42. The van der Waals surface area contributed by atoms with Crippen LogP contribution < -0.4 is 5.32 Å². The lowest BCUT2D eigenvalue weighted by atomic mass is 10.1. The standard InChI is InChI=1S/C15H24N2O2/c1-10-8-11(10)12-4-5-13(19-12)15-14(9-16-2)18-7-6-17(15)3/h4-5,10-11,14-16H,6-9H2,1-3H3. The number of ether oxygens (including phenoxy) is 1. The van der Waals surface area contributed by atoms with Gasteiger partial charge in [0.1, 0.15) is 11.5 Å². The molecule has 0 spiro atoms. The highest BCUT2D eigenvalue weighted by molar-refractivity contribution is 5.20. The van der Waals surface area contributed by atoms with E-state index < -0.39 is 0 Å². The highest BCUT2D eigenvalue weighted by Gasteiger charge is 2.38. The maximum Gasteiger partial charge on any atom is 0.124 e.